The summed E-state index contributed by atoms with van der Waals surface area (Å²) in [6.45, 7) is 2.21. The maximum absolute atomic E-state index is 12.2. The molecule has 4 heteroatoms. The first-order valence-corrected chi connectivity index (χ1v) is 8.22. The van der Waals surface area contributed by atoms with Gasteiger partial charge in [0, 0.05) is 35.8 Å². The van der Waals surface area contributed by atoms with E-state index < -0.39 is 0 Å². The fourth-order valence-electron chi connectivity index (χ4n) is 2.93. The van der Waals surface area contributed by atoms with Gasteiger partial charge in [-0.15, -0.1) is 0 Å². The van der Waals surface area contributed by atoms with E-state index in [9.17, 15) is 4.79 Å². The molecule has 0 saturated heterocycles. The smallest absolute Gasteiger partial charge is 0.224 e. The number of para-hydroxylation sites is 1. The minimum Gasteiger partial charge on any atom is -0.396 e. The molecule has 1 amide bonds. The van der Waals surface area contributed by atoms with Crippen LogP contribution in [0.4, 0.5) is 5.69 Å². The average molecular weight is 322 g/mol. The van der Waals surface area contributed by atoms with Crippen LogP contribution in [0.1, 0.15) is 23.1 Å². The van der Waals surface area contributed by atoms with E-state index in [2.05, 4.69) is 29.4 Å². The van der Waals surface area contributed by atoms with E-state index in [0.29, 0.717) is 19.3 Å². The zero-order valence-corrected chi connectivity index (χ0v) is 13.8. The molecule has 0 spiro atoms. The number of aromatic amines is 1. The second kappa shape index (κ2) is 7.32. The van der Waals surface area contributed by atoms with Gasteiger partial charge in [0.25, 0.3) is 0 Å². The molecule has 0 bridgehead atoms. The highest BCUT2D eigenvalue weighted by atomic mass is 16.2. The number of anilines is 1. The van der Waals surface area contributed by atoms with Gasteiger partial charge in [0.15, 0.2) is 0 Å². The fraction of sp³-hybridized carbons (Fsp3) is 0.250. The number of benzene rings is 2. The van der Waals surface area contributed by atoms with Crippen LogP contribution in [0.3, 0.4) is 0 Å². The Hall–Kier alpha value is -2.59. The summed E-state index contributed by atoms with van der Waals surface area (Å²) >= 11 is 0. The van der Waals surface area contributed by atoms with E-state index in [-0.39, 0.29) is 12.5 Å². The molecule has 0 aliphatic heterocycles. The van der Waals surface area contributed by atoms with E-state index in [1.165, 1.54) is 16.5 Å². The quantitative estimate of drug-likeness (QED) is 0.649. The molecular formula is C20H22N2O2. The molecule has 1 aromatic heterocycles. The van der Waals surface area contributed by atoms with Crippen LogP contribution in [0, 0.1) is 6.92 Å². The number of aryl methyl sites for hydroxylation is 2. The number of hydrogen-bond acceptors (Lipinski definition) is 2. The number of carbonyl (C=O) groups is 1. The van der Waals surface area contributed by atoms with Gasteiger partial charge in [0.1, 0.15) is 0 Å². The van der Waals surface area contributed by atoms with Gasteiger partial charge in [-0.05, 0) is 48.6 Å². The maximum Gasteiger partial charge on any atom is 0.224 e. The Morgan fingerprint density at radius 1 is 1.12 bits per heavy atom. The van der Waals surface area contributed by atoms with Crippen molar-refractivity contribution in [2.24, 2.45) is 0 Å². The maximum atomic E-state index is 12.2. The predicted molar refractivity (Wildman–Crippen MR) is 97.2 cm³/mol. The lowest BCUT2D eigenvalue weighted by Gasteiger charge is -2.06. The molecule has 2 aromatic carbocycles. The largest absolute Gasteiger partial charge is 0.396 e. The Labute approximate surface area is 141 Å². The summed E-state index contributed by atoms with van der Waals surface area (Å²) in [6, 6.07) is 13.8. The lowest BCUT2D eigenvalue weighted by Crippen LogP contribution is -2.12. The Kier molecular flexibility index (Phi) is 4.96. The molecule has 124 valence electrons. The molecule has 0 unspecified atom stereocenters. The normalized spacial score (nSPS) is 10.9. The minimum atomic E-state index is 0.00640. The van der Waals surface area contributed by atoms with E-state index in [4.69, 9.17) is 5.11 Å². The summed E-state index contributed by atoms with van der Waals surface area (Å²) < 4.78 is 0. The number of rotatable bonds is 6. The molecule has 3 aromatic rings. The van der Waals surface area contributed by atoms with E-state index in [0.717, 1.165) is 16.8 Å². The van der Waals surface area contributed by atoms with Gasteiger partial charge in [-0.2, -0.15) is 0 Å². The van der Waals surface area contributed by atoms with E-state index >= 15 is 0 Å². The van der Waals surface area contributed by atoms with Crippen molar-refractivity contribution in [3.05, 3.63) is 65.4 Å². The molecule has 4 nitrogen and oxygen atoms in total. The van der Waals surface area contributed by atoms with Crippen molar-refractivity contribution in [2.75, 3.05) is 11.9 Å². The van der Waals surface area contributed by atoms with Crippen molar-refractivity contribution >= 4 is 22.5 Å². The van der Waals surface area contributed by atoms with E-state index in [1.54, 1.807) is 0 Å². The van der Waals surface area contributed by atoms with Gasteiger partial charge < -0.3 is 15.4 Å². The van der Waals surface area contributed by atoms with Crippen LogP contribution in [0.15, 0.2) is 48.7 Å². The van der Waals surface area contributed by atoms with Crippen molar-refractivity contribution in [3.8, 4) is 0 Å². The van der Waals surface area contributed by atoms with Crippen molar-refractivity contribution < 1.29 is 9.90 Å². The molecule has 3 N–H and O–H groups in total. The lowest BCUT2D eigenvalue weighted by molar-refractivity contribution is -0.116. The Bertz CT molecular complexity index is 834. The van der Waals surface area contributed by atoms with Crippen LogP contribution < -0.4 is 5.32 Å². The Morgan fingerprint density at radius 2 is 1.92 bits per heavy atom. The third-order valence-electron chi connectivity index (χ3n) is 4.27. The molecule has 3 rings (SSSR count). The molecular weight excluding hydrogens is 300 g/mol. The van der Waals surface area contributed by atoms with Crippen LogP contribution in [-0.4, -0.2) is 22.6 Å². The number of fused-ring (bicyclic) bond motifs is 1. The average Bonchev–Trinajstić information content (AvgIpc) is 3.00. The summed E-state index contributed by atoms with van der Waals surface area (Å²) in [7, 11) is 0. The molecule has 0 radical (unpaired) electrons. The van der Waals surface area contributed by atoms with Crippen LogP contribution in [-0.2, 0) is 17.6 Å². The third-order valence-corrected chi connectivity index (χ3v) is 4.27. The Balaban J connectivity index is 1.59. The van der Waals surface area contributed by atoms with Gasteiger partial charge in [0.2, 0.25) is 5.91 Å². The van der Waals surface area contributed by atoms with Gasteiger partial charge in [0.05, 0.1) is 0 Å². The monoisotopic (exact) mass is 322 g/mol. The first-order chi connectivity index (χ1) is 11.7. The number of amides is 1. The lowest BCUT2D eigenvalue weighted by atomic mass is 10.1. The highest BCUT2D eigenvalue weighted by Gasteiger charge is 2.08. The minimum absolute atomic E-state index is 0.00640. The number of hydrogen-bond donors (Lipinski definition) is 3. The first-order valence-electron chi connectivity index (χ1n) is 8.22. The molecule has 24 heavy (non-hydrogen) atoms. The summed E-state index contributed by atoms with van der Waals surface area (Å²) in [5, 5.41) is 13.0. The first kappa shape index (κ1) is 16.3. The highest BCUT2D eigenvalue weighted by molar-refractivity contribution is 5.92. The van der Waals surface area contributed by atoms with Crippen LogP contribution in [0.5, 0.6) is 0 Å². The standard InChI is InChI=1S/C20H22N2O2/c1-14-3-2-4-18-16(13-21-20(14)18)7-10-19(24)22-17-8-5-15(6-9-17)11-12-23/h2-6,8-9,13,21,23H,7,10-12H2,1H3,(H,22,24). The second-order valence-electron chi connectivity index (χ2n) is 6.03. The summed E-state index contributed by atoms with van der Waals surface area (Å²) in [5.74, 6) is 0.00640. The molecule has 0 saturated carbocycles. The molecule has 1 heterocycles. The topological polar surface area (TPSA) is 65.1 Å². The molecule has 0 aliphatic carbocycles. The van der Waals surface area contributed by atoms with Crippen molar-refractivity contribution in [1.82, 2.24) is 4.98 Å². The second-order valence-corrected chi connectivity index (χ2v) is 6.03. The molecule has 0 atom stereocenters. The van der Waals surface area contributed by atoms with E-state index in [1.807, 2.05) is 36.5 Å². The highest BCUT2D eigenvalue weighted by Crippen LogP contribution is 2.22. The number of nitrogens with one attached hydrogen (secondary N) is 2. The summed E-state index contributed by atoms with van der Waals surface area (Å²) in [5.41, 5.74) is 5.38. The number of H-pyrrole nitrogens is 1. The fourth-order valence-corrected chi connectivity index (χ4v) is 2.93. The van der Waals surface area contributed by atoms with Gasteiger partial charge in [-0.3, -0.25) is 4.79 Å². The predicted octanol–water partition coefficient (Wildman–Crippen LogP) is 3.58. The molecule has 0 fully saturated rings. The number of carbonyl (C=O) groups excluding carboxylic acids is 1. The number of aliphatic hydroxyl groups is 1. The number of aromatic nitrogens is 1. The summed E-state index contributed by atoms with van der Waals surface area (Å²) in [4.78, 5) is 15.5. The van der Waals surface area contributed by atoms with Crippen LogP contribution in [0.25, 0.3) is 10.9 Å². The zero-order valence-electron chi connectivity index (χ0n) is 13.8. The Morgan fingerprint density at radius 3 is 2.67 bits per heavy atom. The van der Waals surface area contributed by atoms with Gasteiger partial charge in [-0.1, -0.05) is 30.3 Å². The van der Waals surface area contributed by atoms with Crippen molar-refractivity contribution in [3.63, 3.8) is 0 Å². The van der Waals surface area contributed by atoms with Crippen LogP contribution >= 0.6 is 0 Å². The zero-order chi connectivity index (χ0) is 16.9. The third kappa shape index (κ3) is 3.66. The summed E-state index contributed by atoms with van der Waals surface area (Å²) in [6.07, 6.45) is 3.78. The van der Waals surface area contributed by atoms with Crippen molar-refractivity contribution in [2.45, 2.75) is 26.2 Å². The number of aliphatic hydroxyl groups excluding tert-OH is 1. The molecule has 0 aliphatic rings. The van der Waals surface area contributed by atoms with Gasteiger partial charge >= 0.3 is 0 Å². The van der Waals surface area contributed by atoms with Crippen molar-refractivity contribution in [1.29, 1.82) is 0 Å². The van der Waals surface area contributed by atoms with Crippen LogP contribution in [0.2, 0.25) is 0 Å². The van der Waals surface area contributed by atoms with Gasteiger partial charge in [-0.25, -0.2) is 0 Å². The SMILES string of the molecule is Cc1cccc2c(CCC(=O)Nc3ccc(CCO)cc3)c[nH]c12.